The van der Waals surface area contributed by atoms with Gasteiger partial charge < -0.3 is 9.47 Å². The summed E-state index contributed by atoms with van der Waals surface area (Å²) in [4.78, 5) is 12.4. The summed E-state index contributed by atoms with van der Waals surface area (Å²) in [6.07, 6.45) is 0.381. The minimum atomic E-state index is -0.558. The van der Waals surface area contributed by atoms with E-state index in [9.17, 15) is 4.79 Å². The zero-order valence-electron chi connectivity index (χ0n) is 15.6. The Labute approximate surface area is 170 Å². The van der Waals surface area contributed by atoms with Crippen molar-refractivity contribution in [1.29, 1.82) is 0 Å². The number of ether oxygens (including phenoxy) is 2. The van der Waals surface area contributed by atoms with Crippen molar-refractivity contribution in [2.45, 2.75) is 43.3 Å². The Morgan fingerprint density at radius 2 is 1.44 bits per heavy atom. The van der Waals surface area contributed by atoms with Crippen LogP contribution in [0.1, 0.15) is 24.5 Å². The van der Waals surface area contributed by atoms with E-state index in [0.29, 0.717) is 13.2 Å². The lowest BCUT2D eigenvalue weighted by Gasteiger charge is -2.33. The van der Waals surface area contributed by atoms with Crippen LogP contribution in [-0.2, 0) is 27.5 Å². The zero-order chi connectivity index (χ0) is 18.9. The summed E-state index contributed by atoms with van der Waals surface area (Å²) in [6, 6.07) is 20.1. The molecule has 0 bridgehead atoms. The van der Waals surface area contributed by atoms with Gasteiger partial charge in [-0.1, -0.05) is 60.7 Å². The number of rotatable bonds is 9. The van der Waals surface area contributed by atoms with Crippen molar-refractivity contribution < 1.29 is 14.3 Å². The number of Topliss-reactive ketones (excluding diaryl/α,β-unsaturated/α-hetero) is 1. The first-order valence-corrected chi connectivity index (χ1v) is 11.4. The van der Waals surface area contributed by atoms with Gasteiger partial charge in [-0.2, -0.15) is 0 Å². The van der Waals surface area contributed by atoms with Crippen LogP contribution in [0.15, 0.2) is 60.7 Å². The first-order valence-electron chi connectivity index (χ1n) is 9.29. The van der Waals surface area contributed by atoms with Crippen LogP contribution in [0.2, 0.25) is 0 Å². The molecule has 27 heavy (non-hydrogen) atoms. The lowest BCUT2D eigenvalue weighted by molar-refractivity contribution is -0.141. The molecule has 0 amide bonds. The summed E-state index contributed by atoms with van der Waals surface area (Å²) in [5.74, 6) is 2.23. The van der Waals surface area contributed by atoms with Gasteiger partial charge in [-0.25, -0.2) is 0 Å². The van der Waals surface area contributed by atoms with Gasteiger partial charge in [-0.3, -0.25) is 4.79 Å². The van der Waals surface area contributed by atoms with Crippen molar-refractivity contribution in [2.75, 3.05) is 11.5 Å². The van der Waals surface area contributed by atoms with Crippen LogP contribution in [0.3, 0.4) is 0 Å². The lowest BCUT2D eigenvalue weighted by Crippen LogP contribution is -2.43. The smallest absolute Gasteiger partial charge is 0.161 e. The third kappa shape index (κ3) is 6.39. The number of carbonyl (C=O) groups is 1. The summed E-state index contributed by atoms with van der Waals surface area (Å²) in [5, 5.41) is 0. The van der Waals surface area contributed by atoms with Crippen LogP contribution in [0, 0.1) is 0 Å². The molecule has 1 saturated heterocycles. The average Bonchev–Trinajstić information content (AvgIpc) is 2.72. The normalized spacial score (nSPS) is 17.4. The maximum Gasteiger partial charge on any atom is 0.161 e. The summed E-state index contributed by atoms with van der Waals surface area (Å²) in [6.45, 7) is 2.51. The Morgan fingerprint density at radius 3 is 1.96 bits per heavy atom. The lowest BCUT2D eigenvalue weighted by atomic mass is 10.1. The van der Waals surface area contributed by atoms with Gasteiger partial charge in [0.1, 0.15) is 12.2 Å². The van der Waals surface area contributed by atoms with Crippen LogP contribution in [0.5, 0.6) is 0 Å². The van der Waals surface area contributed by atoms with E-state index in [-0.39, 0.29) is 16.5 Å². The molecule has 1 heterocycles. The summed E-state index contributed by atoms with van der Waals surface area (Å²) in [5.41, 5.74) is 2.17. The van der Waals surface area contributed by atoms with Crippen LogP contribution in [-0.4, -0.2) is 34.1 Å². The maximum absolute atomic E-state index is 12.4. The number of hydrogen-bond acceptors (Lipinski definition) is 5. The van der Waals surface area contributed by atoms with Gasteiger partial charge in [-0.15, -0.1) is 23.5 Å². The zero-order valence-corrected chi connectivity index (χ0v) is 17.2. The van der Waals surface area contributed by atoms with Crippen molar-refractivity contribution in [1.82, 2.24) is 0 Å². The van der Waals surface area contributed by atoms with Gasteiger partial charge in [0, 0.05) is 0 Å². The third-order valence-corrected chi connectivity index (χ3v) is 7.44. The SMILES string of the molecule is CC(=O)[C@@H](OCc1ccccc1)[C@@H](OCc1ccccc1)C1SCCCS1. The average molecular weight is 403 g/mol. The van der Waals surface area contributed by atoms with Gasteiger partial charge in [-0.05, 0) is 36.0 Å². The van der Waals surface area contributed by atoms with Crippen LogP contribution in [0.4, 0.5) is 0 Å². The topological polar surface area (TPSA) is 35.5 Å². The highest BCUT2D eigenvalue weighted by molar-refractivity contribution is 8.17. The molecule has 144 valence electrons. The molecule has 0 saturated carbocycles. The second kappa shape index (κ2) is 10.9. The van der Waals surface area contributed by atoms with E-state index >= 15 is 0 Å². The number of hydrogen-bond donors (Lipinski definition) is 0. The second-order valence-electron chi connectivity index (χ2n) is 6.55. The Balaban J connectivity index is 1.71. The molecule has 1 fully saturated rings. The van der Waals surface area contributed by atoms with Crippen molar-refractivity contribution in [2.24, 2.45) is 0 Å². The predicted molar refractivity (Wildman–Crippen MR) is 114 cm³/mol. The van der Waals surface area contributed by atoms with Crippen molar-refractivity contribution >= 4 is 29.3 Å². The molecule has 0 spiro atoms. The van der Waals surface area contributed by atoms with Crippen LogP contribution < -0.4 is 0 Å². The Morgan fingerprint density at radius 1 is 0.926 bits per heavy atom. The summed E-state index contributed by atoms with van der Waals surface area (Å²) >= 11 is 3.76. The molecule has 2 atom stereocenters. The molecule has 3 rings (SSSR count). The van der Waals surface area contributed by atoms with E-state index in [1.54, 1.807) is 6.92 Å². The van der Waals surface area contributed by atoms with Crippen LogP contribution >= 0.6 is 23.5 Å². The van der Waals surface area contributed by atoms with Gasteiger partial charge in [0.25, 0.3) is 0 Å². The highest BCUT2D eigenvalue weighted by Crippen LogP contribution is 2.36. The van der Waals surface area contributed by atoms with E-state index in [1.807, 2.05) is 84.2 Å². The largest absolute Gasteiger partial charge is 0.368 e. The second-order valence-corrected chi connectivity index (χ2v) is 9.35. The van der Waals surface area contributed by atoms with Crippen LogP contribution in [0.25, 0.3) is 0 Å². The highest BCUT2D eigenvalue weighted by Gasteiger charge is 2.36. The van der Waals surface area contributed by atoms with E-state index in [1.165, 1.54) is 6.42 Å². The van der Waals surface area contributed by atoms with E-state index in [4.69, 9.17) is 9.47 Å². The molecule has 0 unspecified atom stereocenters. The summed E-state index contributed by atoms with van der Waals surface area (Å²) < 4.78 is 12.6. The van der Waals surface area contributed by atoms with E-state index in [2.05, 4.69) is 0 Å². The molecular formula is C22H26O3S2. The molecule has 1 aliphatic heterocycles. The fourth-order valence-electron chi connectivity index (χ4n) is 2.97. The molecule has 1 aliphatic rings. The molecule has 0 aliphatic carbocycles. The van der Waals surface area contributed by atoms with Crippen molar-refractivity contribution in [3.05, 3.63) is 71.8 Å². The highest BCUT2D eigenvalue weighted by atomic mass is 32.2. The van der Waals surface area contributed by atoms with E-state index < -0.39 is 6.10 Å². The number of ketones is 1. The first-order chi connectivity index (χ1) is 13.2. The third-order valence-electron chi connectivity index (χ3n) is 4.38. The minimum absolute atomic E-state index is 0.0239. The van der Waals surface area contributed by atoms with E-state index in [0.717, 1.165) is 22.6 Å². The molecule has 3 nitrogen and oxygen atoms in total. The van der Waals surface area contributed by atoms with Crippen molar-refractivity contribution in [3.63, 3.8) is 0 Å². The first kappa shape index (κ1) is 20.5. The predicted octanol–water partition coefficient (Wildman–Crippen LogP) is 4.94. The number of carbonyl (C=O) groups excluding carboxylic acids is 1. The quantitative estimate of drug-likeness (QED) is 0.593. The van der Waals surface area contributed by atoms with Gasteiger partial charge in [0.15, 0.2) is 5.78 Å². The van der Waals surface area contributed by atoms with Gasteiger partial charge in [0.2, 0.25) is 0 Å². The number of thioether (sulfide) groups is 2. The Hall–Kier alpha value is -1.27. The standard InChI is InChI=1S/C22H26O3S2/c1-17(23)20(24-15-18-9-4-2-5-10-18)21(22-26-13-8-14-27-22)25-16-19-11-6-3-7-12-19/h2-7,9-12,20-22H,8,13-16H2,1H3/t20-,21-/m1/s1. The molecule has 0 aromatic heterocycles. The molecular weight excluding hydrogens is 376 g/mol. The van der Waals surface area contributed by atoms with Gasteiger partial charge >= 0.3 is 0 Å². The molecule has 2 aromatic carbocycles. The molecule has 5 heteroatoms. The molecule has 0 N–H and O–H groups in total. The monoisotopic (exact) mass is 402 g/mol. The fraction of sp³-hybridized carbons (Fsp3) is 0.409. The number of benzene rings is 2. The fourth-order valence-corrected chi connectivity index (χ4v) is 6.03. The molecule has 0 radical (unpaired) electrons. The summed E-state index contributed by atoms with van der Waals surface area (Å²) in [7, 11) is 0. The maximum atomic E-state index is 12.4. The molecule has 2 aromatic rings. The Kier molecular flexibility index (Phi) is 8.27. The Bertz CT molecular complexity index is 687. The van der Waals surface area contributed by atoms with Gasteiger partial charge in [0.05, 0.1) is 17.8 Å². The minimum Gasteiger partial charge on any atom is -0.368 e. The van der Waals surface area contributed by atoms with Crippen molar-refractivity contribution in [3.8, 4) is 0 Å².